The Morgan fingerprint density at radius 3 is 2.45 bits per heavy atom. The molecule has 0 aliphatic carbocycles. The van der Waals surface area contributed by atoms with E-state index in [0.717, 1.165) is 11.6 Å². The largest absolute Gasteiger partial charge is 0.325 e. The van der Waals surface area contributed by atoms with Crippen LogP contribution in [-0.2, 0) is 11.3 Å². The van der Waals surface area contributed by atoms with Crippen molar-refractivity contribution in [1.82, 2.24) is 9.55 Å². The van der Waals surface area contributed by atoms with E-state index in [1.54, 1.807) is 31.2 Å². The van der Waals surface area contributed by atoms with Crippen LogP contribution in [0.15, 0.2) is 71.7 Å². The molecule has 0 aliphatic heterocycles. The maximum atomic E-state index is 13.5. The van der Waals surface area contributed by atoms with Crippen LogP contribution in [0.4, 0.5) is 15.8 Å². The summed E-state index contributed by atoms with van der Waals surface area (Å²) in [6, 6.07) is 15.9. The molecule has 0 spiro atoms. The minimum absolute atomic E-state index is 0.165. The Labute approximate surface area is 188 Å². The number of hydrogen-bond acceptors (Lipinski definition) is 4. The molecule has 0 bridgehead atoms. The predicted molar refractivity (Wildman–Crippen MR) is 125 cm³/mol. The lowest BCUT2D eigenvalue weighted by Gasteiger charge is -2.14. The highest BCUT2D eigenvalue weighted by molar-refractivity contribution is 6.05. The van der Waals surface area contributed by atoms with Gasteiger partial charge in [-0.15, -0.1) is 0 Å². The van der Waals surface area contributed by atoms with Crippen molar-refractivity contribution in [2.24, 2.45) is 0 Å². The second-order valence-electron chi connectivity index (χ2n) is 7.70. The van der Waals surface area contributed by atoms with Crippen LogP contribution < -0.4 is 16.1 Å². The topological polar surface area (TPSA) is 93.1 Å². The fraction of sp³-hybridized carbons (Fsp3) is 0.120. The minimum Gasteiger partial charge on any atom is -0.325 e. The van der Waals surface area contributed by atoms with Crippen molar-refractivity contribution in [3.8, 4) is 0 Å². The zero-order chi connectivity index (χ0) is 23.5. The minimum atomic E-state index is -0.708. The van der Waals surface area contributed by atoms with Crippen LogP contribution in [-0.4, -0.2) is 21.4 Å². The molecule has 2 N–H and O–H groups in total. The third-order valence-corrected chi connectivity index (χ3v) is 5.04. The molecule has 0 aliphatic rings. The highest BCUT2D eigenvalue weighted by Crippen LogP contribution is 2.15. The van der Waals surface area contributed by atoms with Gasteiger partial charge in [-0.3, -0.25) is 14.4 Å². The molecule has 33 heavy (non-hydrogen) atoms. The van der Waals surface area contributed by atoms with Gasteiger partial charge in [0, 0.05) is 23.3 Å². The van der Waals surface area contributed by atoms with Crippen molar-refractivity contribution in [3.05, 3.63) is 99.7 Å². The zero-order valence-electron chi connectivity index (χ0n) is 18.1. The number of fused-ring (bicyclic) bond motifs is 1. The number of anilines is 2. The van der Waals surface area contributed by atoms with Gasteiger partial charge >= 0.3 is 0 Å². The smallest absolute Gasteiger partial charge is 0.261 e. The second kappa shape index (κ2) is 9.04. The number of benzene rings is 2. The third kappa shape index (κ3) is 4.95. The van der Waals surface area contributed by atoms with E-state index in [9.17, 15) is 18.8 Å². The highest BCUT2D eigenvalue weighted by Gasteiger charge is 2.18. The van der Waals surface area contributed by atoms with Gasteiger partial charge in [-0.05, 0) is 56.3 Å². The Morgan fingerprint density at radius 2 is 1.73 bits per heavy atom. The first-order valence-corrected chi connectivity index (χ1v) is 10.2. The molecule has 2 amide bonds. The molecule has 7 nitrogen and oxygen atoms in total. The van der Waals surface area contributed by atoms with Crippen molar-refractivity contribution >= 4 is 34.2 Å². The summed E-state index contributed by atoms with van der Waals surface area (Å²) in [5.74, 6) is -1.57. The Balaban J connectivity index is 1.70. The van der Waals surface area contributed by atoms with Gasteiger partial charge in [0.2, 0.25) is 11.3 Å². The molecule has 166 valence electrons. The van der Waals surface area contributed by atoms with Gasteiger partial charge in [0.15, 0.2) is 0 Å². The molecule has 4 rings (SSSR count). The number of aryl methyl sites for hydroxylation is 2. The van der Waals surface area contributed by atoms with E-state index in [2.05, 4.69) is 15.6 Å². The number of hydrogen-bond donors (Lipinski definition) is 2. The zero-order valence-corrected chi connectivity index (χ0v) is 18.1. The number of rotatable bonds is 5. The van der Waals surface area contributed by atoms with Gasteiger partial charge < -0.3 is 15.2 Å². The first-order valence-electron chi connectivity index (χ1n) is 10.2. The number of nitrogens with zero attached hydrogens (tertiary/aromatic N) is 2. The summed E-state index contributed by atoms with van der Waals surface area (Å²) in [4.78, 5) is 43.0. The van der Waals surface area contributed by atoms with E-state index >= 15 is 0 Å². The molecule has 4 aromatic rings. The molecule has 0 unspecified atom stereocenters. The van der Waals surface area contributed by atoms with Gasteiger partial charge in [0.05, 0.1) is 5.39 Å². The van der Waals surface area contributed by atoms with E-state index in [-0.39, 0.29) is 29.1 Å². The lowest BCUT2D eigenvalue weighted by atomic mass is 10.1. The summed E-state index contributed by atoms with van der Waals surface area (Å²) in [5.41, 5.74) is 2.15. The summed E-state index contributed by atoms with van der Waals surface area (Å²) in [6.07, 6.45) is 1.31. The fourth-order valence-corrected chi connectivity index (χ4v) is 3.40. The van der Waals surface area contributed by atoms with Crippen LogP contribution in [0.3, 0.4) is 0 Å². The van der Waals surface area contributed by atoms with Crippen molar-refractivity contribution in [1.29, 1.82) is 0 Å². The summed E-state index contributed by atoms with van der Waals surface area (Å²) >= 11 is 0. The normalized spacial score (nSPS) is 10.8. The van der Waals surface area contributed by atoms with Crippen molar-refractivity contribution in [3.63, 3.8) is 0 Å². The SMILES string of the molecule is Cc1ccc(NC(=O)Cn2cc(C(=O)Nc3cccc(F)c3)c(=O)c3ccc(C)nc32)cc1. The Hall–Kier alpha value is -4.33. The van der Waals surface area contributed by atoms with Crippen LogP contribution in [0.5, 0.6) is 0 Å². The summed E-state index contributed by atoms with van der Waals surface area (Å²) in [7, 11) is 0. The Morgan fingerprint density at radius 1 is 0.970 bits per heavy atom. The van der Waals surface area contributed by atoms with Gasteiger partial charge in [-0.1, -0.05) is 23.8 Å². The molecule has 0 saturated heterocycles. The molecule has 8 heteroatoms. The number of carbonyl (C=O) groups is 2. The lowest BCUT2D eigenvalue weighted by Crippen LogP contribution is -2.27. The Bertz CT molecular complexity index is 1430. The van der Waals surface area contributed by atoms with Gasteiger partial charge in [-0.2, -0.15) is 0 Å². The van der Waals surface area contributed by atoms with Crippen LogP contribution in [0.1, 0.15) is 21.6 Å². The van der Waals surface area contributed by atoms with E-state index in [1.807, 2.05) is 19.1 Å². The van der Waals surface area contributed by atoms with Crippen LogP contribution in [0.25, 0.3) is 11.0 Å². The number of nitrogens with one attached hydrogen (secondary N) is 2. The van der Waals surface area contributed by atoms with Crippen LogP contribution >= 0.6 is 0 Å². The van der Waals surface area contributed by atoms with E-state index in [4.69, 9.17) is 0 Å². The van der Waals surface area contributed by atoms with E-state index in [0.29, 0.717) is 17.0 Å². The first-order chi connectivity index (χ1) is 15.8. The lowest BCUT2D eigenvalue weighted by molar-refractivity contribution is -0.116. The van der Waals surface area contributed by atoms with Crippen molar-refractivity contribution in [2.75, 3.05) is 10.6 Å². The van der Waals surface area contributed by atoms with Gasteiger partial charge in [0.25, 0.3) is 5.91 Å². The molecule has 0 radical (unpaired) electrons. The molecular weight excluding hydrogens is 423 g/mol. The monoisotopic (exact) mass is 444 g/mol. The summed E-state index contributed by atoms with van der Waals surface area (Å²) in [6.45, 7) is 3.55. The first kappa shape index (κ1) is 21.9. The number of pyridine rings is 2. The maximum absolute atomic E-state index is 13.5. The predicted octanol–water partition coefficient (Wildman–Crippen LogP) is 4.04. The average Bonchev–Trinajstić information content (AvgIpc) is 2.77. The van der Waals surface area contributed by atoms with E-state index in [1.165, 1.54) is 29.0 Å². The molecule has 0 saturated carbocycles. The van der Waals surface area contributed by atoms with Crippen molar-refractivity contribution in [2.45, 2.75) is 20.4 Å². The quantitative estimate of drug-likeness (QED) is 0.486. The number of carbonyl (C=O) groups excluding carboxylic acids is 2. The van der Waals surface area contributed by atoms with Gasteiger partial charge in [0.1, 0.15) is 23.6 Å². The van der Waals surface area contributed by atoms with Gasteiger partial charge in [-0.25, -0.2) is 9.37 Å². The Kier molecular flexibility index (Phi) is 5.99. The number of halogens is 1. The summed E-state index contributed by atoms with van der Waals surface area (Å²) < 4.78 is 15.0. The van der Waals surface area contributed by atoms with Crippen molar-refractivity contribution < 1.29 is 14.0 Å². The molecule has 0 fully saturated rings. The second-order valence-corrected chi connectivity index (χ2v) is 7.70. The third-order valence-electron chi connectivity index (χ3n) is 5.04. The average molecular weight is 444 g/mol. The summed E-state index contributed by atoms with van der Waals surface area (Å²) in [5, 5.41) is 5.53. The van der Waals surface area contributed by atoms with Crippen LogP contribution in [0.2, 0.25) is 0 Å². The molecule has 2 aromatic carbocycles. The maximum Gasteiger partial charge on any atom is 0.261 e. The molecule has 2 heterocycles. The molecule has 2 aromatic heterocycles. The number of aromatic nitrogens is 2. The van der Waals surface area contributed by atoms with E-state index < -0.39 is 17.2 Å². The number of amides is 2. The molecule has 0 atom stereocenters. The standard InChI is InChI=1S/C25H21FN4O3/c1-15-6-9-18(10-7-15)28-22(31)14-30-13-21(23(32)20-11-8-16(2)27-24(20)30)25(33)29-19-5-3-4-17(26)12-19/h3-13H,14H2,1-2H3,(H,28,31)(H,29,33). The fourth-order valence-electron chi connectivity index (χ4n) is 3.40. The molecular formula is C25H21FN4O3. The highest BCUT2D eigenvalue weighted by atomic mass is 19.1. The van der Waals surface area contributed by atoms with Crippen LogP contribution in [0, 0.1) is 19.7 Å².